The minimum atomic E-state index is -0.782. The Bertz CT molecular complexity index is 511. The molecule has 2 aliphatic rings. The van der Waals surface area contributed by atoms with Crippen molar-refractivity contribution < 1.29 is 15.0 Å². The lowest BCUT2D eigenvalue weighted by atomic mass is 10.00. The molecule has 1 heterocycles. The number of fused-ring (bicyclic) bond motifs is 1. The van der Waals surface area contributed by atoms with E-state index in [0.717, 1.165) is 17.7 Å². The second kappa shape index (κ2) is 6.06. The smallest absolute Gasteiger partial charge is 0.312 e. The molecule has 1 aliphatic heterocycles. The largest absolute Gasteiger partial charge is 0.481 e. The Morgan fingerprint density at radius 3 is 2.71 bits per heavy atom. The number of rotatable bonds is 5. The summed E-state index contributed by atoms with van der Waals surface area (Å²) in [5, 5.41) is 19.7. The number of aliphatic hydroxyl groups is 1. The summed E-state index contributed by atoms with van der Waals surface area (Å²) < 4.78 is 0. The first-order valence-corrected chi connectivity index (χ1v) is 7.90. The number of benzene rings is 1. The number of hydrogen-bond acceptors (Lipinski definition) is 3. The maximum absolute atomic E-state index is 11.4. The zero-order chi connectivity index (χ0) is 14.8. The first-order valence-electron chi connectivity index (χ1n) is 7.90. The van der Waals surface area contributed by atoms with Gasteiger partial charge in [0.1, 0.15) is 5.92 Å². The second-order valence-corrected chi connectivity index (χ2v) is 6.39. The molecule has 4 heteroatoms. The normalized spacial score (nSPS) is 23.3. The molecule has 1 aromatic rings. The topological polar surface area (TPSA) is 60.8 Å². The van der Waals surface area contributed by atoms with E-state index in [9.17, 15) is 15.0 Å². The average molecular weight is 289 g/mol. The number of hydrogen-bond donors (Lipinski definition) is 2. The molecule has 1 saturated carbocycles. The van der Waals surface area contributed by atoms with E-state index >= 15 is 0 Å². The third-order valence-corrected chi connectivity index (χ3v) is 4.87. The summed E-state index contributed by atoms with van der Waals surface area (Å²) in [6.45, 7) is 1.01. The van der Waals surface area contributed by atoms with Crippen LogP contribution in [0.25, 0.3) is 0 Å². The monoisotopic (exact) mass is 289 g/mol. The van der Waals surface area contributed by atoms with Gasteiger partial charge < -0.3 is 15.1 Å². The molecule has 0 spiro atoms. The van der Waals surface area contributed by atoms with Gasteiger partial charge in [-0.1, -0.05) is 43.9 Å². The molecule has 21 heavy (non-hydrogen) atoms. The predicted molar refractivity (Wildman–Crippen MR) is 81.6 cm³/mol. The number of aliphatic carboxylic acids is 1. The fourth-order valence-corrected chi connectivity index (χ4v) is 3.83. The van der Waals surface area contributed by atoms with Crippen molar-refractivity contribution >= 4 is 11.7 Å². The van der Waals surface area contributed by atoms with Gasteiger partial charge in [-0.2, -0.15) is 0 Å². The third kappa shape index (κ3) is 3.05. The molecule has 2 atom stereocenters. The van der Waals surface area contributed by atoms with Gasteiger partial charge in [0.15, 0.2) is 0 Å². The van der Waals surface area contributed by atoms with E-state index in [4.69, 9.17) is 0 Å². The summed E-state index contributed by atoms with van der Waals surface area (Å²) >= 11 is 0. The van der Waals surface area contributed by atoms with Crippen LogP contribution in [0, 0.1) is 5.92 Å². The van der Waals surface area contributed by atoms with Crippen molar-refractivity contribution in [2.24, 2.45) is 5.92 Å². The molecule has 4 nitrogen and oxygen atoms in total. The van der Waals surface area contributed by atoms with Crippen LogP contribution in [0.5, 0.6) is 0 Å². The number of para-hydroxylation sites is 1. The number of carboxylic acids is 1. The summed E-state index contributed by atoms with van der Waals surface area (Å²) in [6, 6.07) is 7.66. The molecule has 0 amide bonds. The van der Waals surface area contributed by atoms with Gasteiger partial charge in [-0.25, -0.2) is 0 Å². The zero-order valence-electron chi connectivity index (χ0n) is 12.2. The van der Waals surface area contributed by atoms with Crippen molar-refractivity contribution in [3.05, 3.63) is 29.8 Å². The number of carboxylic acid groups (broad SMARTS) is 1. The Morgan fingerprint density at radius 2 is 2.00 bits per heavy atom. The van der Waals surface area contributed by atoms with E-state index < -0.39 is 11.9 Å². The van der Waals surface area contributed by atoms with Crippen LogP contribution in [-0.4, -0.2) is 35.4 Å². The van der Waals surface area contributed by atoms with E-state index in [1.807, 2.05) is 29.2 Å². The lowest BCUT2D eigenvalue weighted by Gasteiger charge is -2.24. The molecule has 0 bridgehead atoms. The summed E-state index contributed by atoms with van der Waals surface area (Å²) in [5.74, 6) is -0.608. The molecule has 2 unspecified atom stereocenters. The van der Waals surface area contributed by atoms with Crippen molar-refractivity contribution in [1.82, 2.24) is 0 Å². The molecule has 0 saturated heterocycles. The van der Waals surface area contributed by atoms with Gasteiger partial charge in [0.25, 0.3) is 0 Å². The summed E-state index contributed by atoms with van der Waals surface area (Å²) in [5.41, 5.74) is 1.84. The average Bonchev–Trinajstić information content (AvgIpc) is 3.07. The fraction of sp³-hybridized carbons (Fsp3) is 0.588. The van der Waals surface area contributed by atoms with E-state index in [0.29, 0.717) is 19.0 Å². The minimum Gasteiger partial charge on any atom is -0.481 e. The number of β-amino-alcohol motifs (C(OH)–C–C–N with tert-alkyl or cyclic N) is 1. The molecule has 2 N–H and O–H groups in total. The second-order valence-electron chi connectivity index (χ2n) is 6.39. The van der Waals surface area contributed by atoms with Crippen LogP contribution in [0.1, 0.15) is 43.6 Å². The number of anilines is 1. The number of carbonyl (C=O) groups is 1. The Hall–Kier alpha value is -1.55. The van der Waals surface area contributed by atoms with Gasteiger partial charge >= 0.3 is 5.97 Å². The molecular formula is C17H23NO3. The molecular weight excluding hydrogens is 266 g/mol. The zero-order valence-corrected chi connectivity index (χ0v) is 12.2. The van der Waals surface area contributed by atoms with Crippen molar-refractivity contribution in [2.45, 2.75) is 44.1 Å². The third-order valence-electron chi connectivity index (χ3n) is 4.87. The van der Waals surface area contributed by atoms with Gasteiger partial charge in [0.05, 0.1) is 6.10 Å². The van der Waals surface area contributed by atoms with Crippen LogP contribution in [0.4, 0.5) is 5.69 Å². The van der Waals surface area contributed by atoms with Crippen LogP contribution >= 0.6 is 0 Å². The van der Waals surface area contributed by atoms with Gasteiger partial charge in [-0.05, 0) is 24.0 Å². The van der Waals surface area contributed by atoms with Crippen LogP contribution in [0.3, 0.4) is 0 Å². The first kappa shape index (κ1) is 14.4. The Balaban J connectivity index is 1.67. The maximum atomic E-state index is 11.4. The quantitative estimate of drug-likeness (QED) is 0.874. The molecule has 0 radical (unpaired) electrons. The molecule has 1 fully saturated rings. The summed E-state index contributed by atoms with van der Waals surface area (Å²) in [4.78, 5) is 13.4. The highest BCUT2D eigenvalue weighted by Crippen LogP contribution is 2.37. The Kier molecular flexibility index (Phi) is 4.15. The lowest BCUT2D eigenvalue weighted by molar-refractivity contribution is -0.138. The maximum Gasteiger partial charge on any atom is 0.312 e. The van der Waals surface area contributed by atoms with Gasteiger partial charge in [-0.3, -0.25) is 4.79 Å². The summed E-state index contributed by atoms with van der Waals surface area (Å²) in [7, 11) is 0. The number of nitrogens with zero attached hydrogens (tertiary/aromatic N) is 1. The fourth-order valence-electron chi connectivity index (χ4n) is 3.83. The highest BCUT2D eigenvalue weighted by Gasteiger charge is 2.34. The SMILES string of the molecule is O=C(O)C1CN(CC(O)CC2CCCC2)c2ccccc21. The van der Waals surface area contributed by atoms with Crippen molar-refractivity contribution in [3.63, 3.8) is 0 Å². The number of aliphatic hydroxyl groups excluding tert-OH is 1. The molecule has 0 aromatic heterocycles. The van der Waals surface area contributed by atoms with E-state index in [1.54, 1.807) is 0 Å². The van der Waals surface area contributed by atoms with Gasteiger partial charge in [0, 0.05) is 18.8 Å². The first-order chi connectivity index (χ1) is 10.1. The molecule has 1 aromatic carbocycles. The van der Waals surface area contributed by atoms with Crippen molar-refractivity contribution in [1.29, 1.82) is 0 Å². The van der Waals surface area contributed by atoms with Crippen LogP contribution in [-0.2, 0) is 4.79 Å². The van der Waals surface area contributed by atoms with Gasteiger partial charge in [0.2, 0.25) is 0 Å². The van der Waals surface area contributed by atoms with Crippen molar-refractivity contribution in [2.75, 3.05) is 18.0 Å². The van der Waals surface area contributed by atoms with Gasteiger partial charge in [-0.15, -0.1) is 0 Å². The molecule has 1 aliphatic carbocycles. The standard InChI is InChI=1S/C17H23NO3/c19-13(9-12-5-1-2-6-12)10-18-11-15(17(20)21)14-7-3-4-8-16(14)18/h3-4,7-8,12-13,15,19H,1-2,5-6,9-11H2,(H,20,21). The molecule has 114 valence electrons. The van der Waals surface area contributed by atoms with E-state index in [1.165, 1.54) is 25.7 Å². The lowest BCUT2D eigenvalue weighted by Crippen LogP contribution is -2.33. The highest BCUT2D eigenvalue weighted by atomic mass is 16.4. The Morgan fingerprint density at radius 1 is 1.29 bits per heavy atom. The highest BCUT2D eigenvalue weighted by molar-refractivity contribution is 5.82. The summed E-state index contributed by atoms with van der Waals surface area (Å²) in [6.07, 6.45) is 5.50. The van der Waals surface area contributed by atoms with Crippen LogP contribution in [0.2, 0.25) is 0 Å². The molecule has 3 rings (SSSR count). The van der Waals surface area contributed by atoms with E-state index in [-0.39, 0.29) is 6.10 Å². The van der Waals surface area contributed by atoms with Crippen LogP contribution in [0.15, 0.2) is 24.3 Å². The van der Waals surface area contributed by atoms with Crippen LogP contribution < -0.4 is 4.90 Å². The minimum absolute atomic E-state index is 0.367. The van der Waals surface area contributed by atoms with Crippen molar-refractivity contribution in [3.8, 4) is 0 Å². The van der Waals surface area contributed by atoms with E-state index in [2.05, 4.69) is 0 Å². The predicted octanol–water partition coefficient (Wildman–Crippen LogP) is 2.62. The Labute approximate surface area is 125 Å².